The number of carbonyl (C=O) groups is 2. The van der Waals surface area contributed by atoms with Gasteiger partial charge in [0.1, 0.15) is 6.29 Å². The quantitative estimate of drug-likeness (QED) is 0.191. The normalized spacial score (nSPS) is 33.8. The van der Waals surface area contributed by atoms with Crippen LogP contribution in [0.2, 0.25) is 0 Å². The lowest BCUT2D eigenvalue weighted by molar-refractivity contribution is -0.136. The summed E-state index contributed by atoms with van der Waals surface area (Å²) in [5.74, 6) is 1.66. The molecule has 7 atom stereocenters. The Labute approximate surface area is 257 Å². The van der Waals surface area contributed by atoms with Crippen LogP contribution in [0.25, 0.3) is 0 Å². The second kappa shape index (κ2) is 10.8. The third-order valence-corrected chi connectivity index (χ3v) is 16.5. The van der Waals surface area contributed by atoms with Crippen LogP contribution in [0.3, 0.4) is 0 Å². The van der Waals surface area contributed by atoms with E-state index in [2.05, 4.69) is 105 Å². The molecule has 4 aliphatic carbocycles. The van der Waals surface area contributed by atoms with E-state index in [1.54, 1.807) is 0 Å². The van der Waals surface area contributed by atoms with Gasteiger partial charge in [0.15, 0.2) is 5.78 Å². The zero-order chi connectivity index (χ0) is 29.8. The zero-order valence-electron chi connectivity index (χ0n) is 25.8. The fourth-order valence-electron chi connectivity index (χ4n) is 10.3. The number of aldehydes is 1. The van der Waals surface area contributed by atoms with E-state index in [1.807, 2.05) is 6.92 Å². The Bertz CT molecular complexity index is 1440. The summed E-state index contributed by atoms with van der Waals surface area (Å²) in [6.07, 6.45) is 8.18. The predicted molar refractivity (Wildman–Crippen MR) is 175 cm³/mol. The highest BCUT2D eigenvalue weighted by atomic mass is 28.4. The molecule has 0 amide bonds. The molecule has 0 heterocycles. The molecule has 7 rings (SSSR count). The van der Waals surface area contributed by atoms with Crippen LogP contribution in [0.5, 0.6) is 0 Å². The Morgan fingerprint density at radius 1 is 0.791 bits per heavy atom. The number of fused-ring (bicyclic) bond motifs is 5. The van der Waals surface area contributed by atoms with E-state index in [9.17, 15) is 9.59 Å². The van der Waals surface area contributed by atoms with Crippen LogP contribution in [0.1, 0.15) is 65.7 Å². The molecule has 3 saturated carbocycles. The van der Waals surface area contributed by atoms with Crippen LogP contribution in [0.4, 0.5) is 0 Å². The van der Waals surface area contributed by atoms with E-state index in [4.69, 9.17) is 4.43 Å². The number of hydrogen-bond acceptors (Lipinski definition) is 3. The van der Waals surface area contributed by atoms with Gasteiger partial charge in [-0.05, 0) is 101 Å². The first kappa shape index (κ1) is 28.7. The number of Topliss-reactive ketones (excluding diaryl/α,β-unsaturated/α-hetero) is 1. The minimum Gasteiger partial charge on any atom is -0.401 e. The lowest BCUT2D eigenvalue weighted by Crippen LogP contribution is -2.71. The van der Waals surface area contributed by atoms with Crippen molar-refractivity contribution in [1.29, 1.82) is 0 Å². The van der Waals surface area contributed by atoms with Crippen molar-refractivity contribution in [3.63, 3.8) is 0 Å². The van der Waals surface area contributed by atoms with Crippen LogP contribution >= 0.6 is 0 Å². The fourth-order valence-corrected chi connectivity index (χ4v) is 14.5. The van der Waals surface area contributed by atoms with E-state index < -0.39 is 13.7 Å². The Kier molecular flexibility index (Phi) is 7.21. The highest BCUT2D eigenvalue weighted by Gasteiger charge is 2.63. The molecule has 0 saturated heterocycles. The first-order valence-corrected chi connectivity index (χ1v) is 18.3. The van der Waals surface area contributed by atoms with E-state index in [-0.39, 0.29) is 23.2 Å². The molecule has 0 aromatic heterocycles. The molecule has 3 nitrogen and oxygen atoms in total. The van der Waals surface area contributed by atoms with Crippen LogP contribution in [0.15, 0.2) is 102 Å². The molecule has 43 heavy (non-hydrogen) atoms. The van der Waals surface area contributed by atoms with Gasteiger partial charge in [0.2, 0.25) is 0 Å². The number of hydrogen-bond donors (Lipinski definition) is 0. The Hall–Kier alpha value is -3.08. The summed E-state index contributed by atoms with van der Waals surface area (Å²) in [5, 5.41) is 3.87. The average molecular weight is 589 g/mol. The molecule has 4 aliphatic rings. The highest BCUT2D eigenvalue weighted by molar-refractivity contribution is 7.07. The standard InChI is InChI=1S/C39H44O3Si/c1-27-25-36(41)28(2)33-20-19-32-34-21-22-37(38(34,3)24-23-35(32)39(27,33)26-40)42-43(29-13-7-4-8-14-29,30-15-9-5-10-16-30)31-17-11-6-12-18-31/h4-18,26-27,32,34-35,37H,19-25H2,1-3H3/t27?,32-,34-,35+,37?,38-,39-/m0/s1. The topological polar surface area (TPSA) is 43.4 Å². The summed E-state index contributed by atoms with van der Waals surface area (Å²) in [5.41, 5.74) is 1.63. The zero-order valence-corrected chi connectivity index (χ0v) is 26.8. The van der Waals surface area contributed by atoms with Gasteiger partial charge in [0.05, 0.1) is 11.5 Å². The molecule has 2 unspecified atom stereocenters. The largest absolute Gasteiger partial charge is 0.401 e. The number of ketones is 1. The summed E-state index contributed by atoms with van der Waals surface area (Å²) in [6.45, 7) is 6.65. The number of benzene rings is 3. The minimum atomic E-state index is -2.83. The molecule has 0 spiro atoms. The molecule has 0 N–H and O–H groups in total. The minimum absolute atomic E-state index is 0.0474. The lowest BCUT2D eigenvalue weighted by atomic mass is 9.44. The maximum absolute atomic E-state index is 13.2. The molecule has 0 radical (unpaired) electrons. The van der Waals surface area contributed by atoms with E-state index in [1.165, 1.54) is 27.4 Å². The predicted octanol–water partition coefficient (Wildman–Crippen LogP) is 6.39. The smallest absolute Gasteiger partial charge is 0.288 e. The average Bonchev–Trinajstić information content (AvgIpc) is 3.39. The van der Waals surface area contributed by atoms with E-state index in [0.717, 1.165) is 44.1 Å². The van der Waals surface area contributed by atoms with E-state index >= 15 is 0 Å². The Morgan fingerprint density at radius 2 is 1.35 bits per heavy atom. The molecular weight excluding hydrogens is 545 g/mol. The van der Waals surface area contributed by atoms with Gasteiger partial charge in [-0.1, -0.05) is 105 Å². The van der Waals surface area contributed by atoms with Crippen molar-refractivity contribution < 1.29 is 14.0 Å². The van der Waals surface area contributed by atoms with Crippen molar-refractivity contribution in [3.05, 3.63) is 102 Å². The Balaban J connectivity index is 1.30. The fraction of sp³-hybridized carbons (Fsp3) is 0.436. The molecule has 3 aromatic rings. The second-order valence-electron chi connectivity index (χ2n) is 14.1. The van der Waals surface area contributed by atoms with Gasteiger partial charge in [-0.15, -0.1) is 0 Å². The molecule has 4 heteroatoms. The summed E-state index contributed by atoms with van der Waals surface area (Å²) >= 11 is 0. The van der Waals surface area contributed by atoms with Crippen molar-refractivity contribution in [2.75, 3.05) is 0 Å². The summed E-state index contributed by atoms with van der Waals surface area (Å²) in [4.78, 5) is 26.0. The lowest BCUT2D eigenvalue weighted by Gasteiger charge is -2.59. The van der Waals surface area contributed by atoms with Gasteiger partial charge in [0, 0.05) is 6.42 Å². The van der Waals surface area contributed by atoms with Gasteiger partial charge >= 0.3 is 0 Å². The van der Waals surface area contributed by atoms with Crippen molar-refractivity contribution in [2.45, 2.75) is 71.8 Å². The van der Waals surface area contributed by atoms with Crippen LogP contribution in [0, 0.1) is 34.5 Å². The van der Waals surface area contributed by atoms with Crippen molar-refractivity contribution in [1.82, 2.24) is 0 Å². The molecule has 3 fully saturated rings. The molecular formula is C39H44O3Si. The summed E-state index contributed by atoms with van der Waals surface area (Å²) in [6, 6.07) is 32.9. The van der Waals surface area contributed by atoms with Crippen LogP contribution < -0.4 is 15.6 Å². The van der Waals surface area contributed by atoms with Crippen molar-refractivity contribution in [3.8, 4) is 0 Å². The maximum Gasteiger partial charge on any atom is 0.288 e. The van der Waals surface area contributed by atoms with Gasteiger partial charge in [-0.2, -0.15) is 0 Å². The molecule has 0 aliphatic heterocycles. The maximum atomic E-state index is 13.2. The summed E-state index contributed by atoms with van der Waals surface area (Å²) < 4.78 is 7.84. The van der Waals surface area contributed by atoms with Gasteiger partial charge < -0.3 is 9.22 Å². The van der Waals surface area contributed by atoms with E-state index in [0.29, 0.717) is 24.2 Å². The highest BCUT2D eigenvalue weighted by Crippen LogP contribution is 2.66. The molecule has 222 valence electrons. The number of rotatable bonds is 6. The van der Waals surface area contributed by atoms with Crippen molar-refractivity contribution >= 4 is 35.9 Å². The monoisotopic (exact) mass is 588 g/mol. The van der Waals surface area contributed by atoms with Crippen LogP contribution in [-0.2, 0) is 14.0 Å². The SMILES string of the molecule is CC1=C2CC[C@@H]3[C@@H](CC[C@]4(C)C(O[Si](c5ccccc5)(c5ccccc5)c5ccccc5)CC[C@@H]34)[C@@]2(C=O)C(C)CC1=O. The second-order valence-corrected chi connectivity index (χ2v) is 17.4. The first-order valence-electron chi connectivity index (χ1n) is 16.4. The van der Waals surface area contributed by atoms with Crippen LogP contribution in [-0.4, -0.2) is 26.5 Å². The first-order chi connectivity index (χ1) is 20.9. The van der Waals surface area contributed by atoms with Crippen molar-refractivity contribution in [2.24, 2.45) is 34.5 Å². The number of allylic oxidation sites excluding steroid dienone is 1. The molecule has 0 bridgehead atoms. The van der Waals surface area contributed by atoms with Gasteiger partial charge in [0.25, 0.3) is 8.32 Å². The molecule has 3 aromatic carbocycles. The summed E-state index contributed by atoms with van der Waals surface area (Å²) in [7, 11) is -2.83. The third kappa shape index (κ3) is 4.16. The number of carbonyl (C=O) groups excluding carboxylic acids is 2. The Morgan fingerprint density at radius 3 is 1.88 bits per heavy atom. The van der Waals surface area contributed by atoms with Gasteiger partial charge in [-0.3, -0.25) is 4.79 Å². The van der Waals surface area contributed by atoms with Gasteiger partial charge in [-0.25, -0.2) is 0 Å². The third-order valence-electron chi connectivity index (χ3n) is 12.4.